The summed E-state index contributed by atoms with van der Waals surface area (Å²) in [4.78, 5) is 24.1. The molecule has 0 aliphatic rings. The van der Waals surface area contributed by atoms with Crippen molar-refractivity contribution in [3.05, 3.63) is 82.8 Å². The summed E-state index contributed by atoms with van der Waals surface area (Å²) in [5.74, 6) is -0.833. The van der Waals surface area contributed by atoms with Gasteiger partial charge in [-0.05, 0) is 28.5 Å². The van der Waals surface area contributed by atoms with Crippen LogP contribution in [0.2, 0.25) is 0 Å². The summed E-state index contributed by atoms with van der Waals surface area (Å²) in [6, 6.07) is 22.3. The molecule has 0 saturated carbocycles. The summed E-state index contributed by atoms with van der Waals surface area (Å²) >= 11 is 0. The minimum Gasteiger partial charge on any atom is -0.481 e. The second-order valence-electron chi connectivity index (χ2n) is 5.69. The molecule has 2 N–H and O–H groups in total. The summed E-state index contributed by atoms with van der Waals surface area (Å²) in [5.41, 5.74) is 2.90. The van der Waals surface area contributed by atoms with E-state index < -0.39 is 5.97 Å². The monoisotopic (exact) mass is 334 g/mol. The van der Waals surface area contributed by atoms with Crippen LogP contribution >= 0.6 is 0 Å². The average molecular weight is 334 g/mol. The van der Waals surface area contributed by atoms with E-state index in [9.17, 15) is 4.79 Å². The number of carbonyl (C=O) groups is 1. The largest absolute Gasteiger partial charge is 0.481 e. The lowest BCUT2D eigenvalue weighted by molar-refractivity contribution is -0.134. The molecule has 3 aromatic carbocycles. The molecule has 0 fully saturated rings. The summed E-state index contributed by atoms with van der Waals surface area (Å²) in [6.45, 7) is 1.66. The molecule has 0 aliphatic carbocycles. The first-order valence-corrected chi connectivity index (χ1v) is 7.90. The van der Waals surface area contributed by atoms with Crippen molar-refractivity contribution >= 4 is 27.8 Å². The number of para-hydroxylation sites is 2. The number of aromatic amines is 1. The van der Waals surface area contributed by atoms with Crippen LogP contribution in [-0.2, 0) is 11.3 Å². The number of hydrogen-bond acceptors (Lipinski definition) is 2. The van der Waals surface area contributed by atoms with Gasteiger partial charge in [-0.3, -0.25) is 9.36 Å². The van der Waals surface area contributed by atoms with E-state index >= 15 is 0 Å². The number of imidazole rings is 1. The molecule has 4 rings (SSSR count). The van der Waals surface area contributed by atoms with Crippen LogP contribution in [0.4, 0.5) is 0 Å². The van der Waals surface area contributed by atoms with Crippen LogP contribution in [0.5, 0.6) is 0 Å². The molecule has 5 nitrogen and oxygen atoms in total. The maximum Gasteiger partial charge on any atom is 0.326 e. The van der Waals surface area contributed by atoms with E-state index in [1.165, 1.54) is 10.8 Å². The van der Waals surface area contributed by atoms with Crippen LogP contribution < -0.4 is 5.69 Å². The van der Waals surface area contributed by atoms with Crippen molar-refractivity contribution in [2.45, 2.75) is 13.5 Å². The molecule has 0 radical (unpaired) electrons. The fraction of sp³-hybridized carbons (Fsp3) is 0.100. The first-order chi connectivity index (χ1) is 12.1. The third-order valence-electron chi connectivity index (χ3n) is 3.89. The topological polar surface area (TPSA) is 75.1 Å². The highest BCUT2D eigenvalue weighted by Crippen LogP contribution is 2.20. The van der Waals surface area contributed by atoms with Gasteiger partial charge in [0.1, 0.15) is 0 Å². The highest BCUT2D eigenvalue weighted by Gasteiger charge is 2.08. The normalized spacial score (nSPS) is 10.4. The number of aromatic nitrogens is 2. The second-order valence-corrected chi connectivity index (χ2v) is 5.69. The molecule has 1 aromatic heterocycles. The van der Waals surface area contributed by atoms with Gasteiger partial charge < -0.3 is 10.1 Å². The van der Waals surface area contributed by atoms with E-state index in [4.69, 9.17) is 9.90 Å². The summed E-state index contributed by atoms with van der Waals surface area (Å²) in [5, 5.41) is 9.81. The third kappa shape index (κ3) is 3.61. The van der Waals surface area contributed by atoms with Gasteiger partial charge in [0.15, 0.2) is 0 Å². The van der Waals surface area contributed by atoms with E-state index in [0.29, 0.717) is 6.54 Å². The lowest BCUT2D eigenvalue weighted by Crippen LogP contribution is -2.17. The van der Waals surface area contributed by atoms with Gasteiger partial charge in [0.05, 0.1) is 17.6 Å². The Hall–Kier alpha value is -3.34. The first kappa shape index (κ1) is 16.5. The van der Waals surface area contributed by atoms with Gasteiger partial charge in [-0.1, -0.05) is 54.6 Å². The fourth-order valence-corrected chi connectivity index (χ4v) is 2.86. The average Bonchev–Trinajstić information content (AvgIpc) is 2.90. The van der Waals surface area contributed by atoms with E-state index in [1.807, 2.05) is 42.5 Å². The van der Waals surface area contributed by atoms with E-state index in [1.54, 1.807) is 4.57 Å². The number of nitrogens with zero attached hydrogens (tertiary/aromatic N) is 1. The van der Waals surface area contributed by atoms with Crippen LogP contribution in [0.25, 0.3) is 21.8 Å². The van der Waals surface area contributed by atoms with Gasteiger partial charge in [-0.25, -0.2) is 4.79 Å². The zero-order valence-corrected chi connectivity index (χ0v) is 13.8. The number of carboxylic acids is 1. The molecule has 0 amide bonds. The van der Waals surface area contributed by atoms with E-state index in [0.717, 1.165) is 23.5 Å². The predicted octanol–water partition coefficient (Wildman–Crippen LogP) is 3.62. The Labute approximate surface area is 144 Å². The minimum absolute atomic E-state index is 0.0656. The first-order valence-electron chi connectivity index (χ1n) is 7.90. The van der Waals surface area contributed by atoms with Gasteiger partial charge >= 0.3 is 5.69 Å². The molecular formula is C20H18N2O3. The highest BCUT2D eigenvalue weighted by molar-refractivity contribution is 5.86. The van der Waals surface area contributed by atoms with Crippen molar-refractivity contribution in [1.29, 1.82) is 0 Å². The van der Waals surface area contributed by atoms with Crippen molar-refractivity contribution in [3.63, 3.8) is 0 Å². The number of benzene rings is 3. The van der Waals surface area contributed by atoms with Crippen LogP contribution in [0.1, 0.15) is 12.5 Å². The summed E-state index contributed by atoms with van der Waals surface area (Å²) in [6.07, 6.45) is 0. The number of carboxylic acid groups (broad SMARTS) is 1. The maximum atomic E-state index is 12.2. The van der Waals surface area contributed by atoms with Crippen LogP contribution in [0, 0.1) is 0 Å². The molecule has 0 spiro atoms. The molecule has 0 aliphatic heterocycles. The van der Waals surface area contributed by atoms with Gasteiger partial charge in [0.2, 0.25) is 0 Å². The minimum atomic E-state index is -0.833. The van der Waals surface area contributed by atoms with Crippen molar-refractivity contribution < 1.29 is 9.90 Å². The Morgan fingerprint density at radius 3 is 2.44 bits per heavy atom. The zero-order chi connectivity index (χ0) is 17.8. The summed E-state index contributed by atoms with van der Waals surface area (Å²) in [7, 11) is 0. The Morgan fingerprint density at radius 2 is 1.64 bits per heavy atom. The smallest absolute Gasteiger partial charge is 0.326 e. The zero-order valence-electron chi connectivity index (χ0n) is 13.8. The third-order valence-corrected chi connectivity index (χ3v) is 3.89. The van der Waals surface area contributed by atoms with E-state index in [2.05, 4.69) is 29.2 Å². The molecule has 25 heavy (non-hydrogen) atoms. The Morgan fingerprint density at radius 1 is 1.00 bits per heavy atom. The molecule has 0 saturated heterocycles. The Kier molecular flexibility index (Phi) is 4.66. The Bertz CT molecular complexity index is 1080. The number of aliphatic carboxylic acids is 1. The Balaban J connectivity index is 0.000000415. The molecule has 1 heterocycles. The number of rotatable bonds is 2. The van der Waals surface area contributed by atoms with Crippen molar-refractivity contribution in [2.75, 3.05) is 0 Å². The lowest BCUT2D eigenvalue weighted by Gasteiger charge is -2.07. The SMILES string of the molecule is CC(=O)O.O=c1[nH]c2ccccc2n1Cc1cccc2ccccc12. The number of hydrogen-bond donors (Lipinski definition) is 2. The molecular weight excluding hydrogens is 316 g/mol. The fourth-order valence-electron chi connectivity index (χ4n) is 2.86. The highest BCUT2D eigenvalue weighted by atomic mass is 16.4. The van der Waals surface area contributed by atoms with E-state index in [-0.39, 0.29) is 5.69 Å². The van der Waals surface area contributed by atoms with Crippen LogP contribution in [0.3, 0.4) is 0 Å². The molecule has 0 atom stereocenters. The number of H-pyrrole nitrogens is 1. The van der Waals surface area contributed by atoms with Crippen LogP contribution in [-0.4, -0.2) is 20.6 Å². The standard InChI is InChI=1S/C18H14N2O.C2H4O2/c21-18-19-16-10-3-4-11-17(16)20(18)12-14-8-5-7-13-6-1-2-9-15(13)14;1-2(3)4/h1-11H,12H2,(H,19,21);1H3,(H,3,4). The number of fused-ring (bicyclic) bond motifs is 2. The van der Waals surface area contributed by atoms with Crippen molar-refractivity contribution in [1.82, 2.24) is 9.55 Å². The quantitative estimate of drug-likeness (QED) is 0.588. The molecule has 5 heteroatoms. The second kappa shape index (κ2) is 7.05. The molecule has 0 unspecified atom stereocenters. The van der Waals surface area contributed by atoms with Crippen LogP contribution in [0.15, 0.2) is 71.5 Å². The predicted molar refractivity (Wildman–Crippen MR) is 98.9 cm³/mol. The number of nitrogens with one attached hydrogen (secondary N) is 1. The molecule has 4 aromatic rings. The van der Waals surface area contributed by atoms with Crippen molar-refractivity contribution in [3.8, 4) is 0 Å². The van der Waals surface area contributed by atoms with Gasteiger partial charge in [0, 0.05) is 6.92 Å². The molecule has 0 bridgehead atoms. The summed E-state index contributed by atoms with van der Waals surface area (Å²) < 4.78 is 1.79. The van der Waals surface area contributed by atoms with Crippen molar-refractivity contribution in [2.24, 2.45) is 0 Å². The molecule has 126 valence electrons. The van der Waals surface area contributed by atoms with Gasteiger partial charge in [-0.15, -0.1) is 0 Å². The van der Waals surface area contributed by atoms with Gasteiger partial charge in [-0.2, -0.15) is 0 Å². The maximum absolute atomic E-state index is 12.2. The lowest BCUT2D eigenvalue weighted by atomic mass is 10.0. The van der Waals surface area contributed by atoms with Gasteiger partial charge in [0.25, 0.3) is 5.97 Å².